The van der Waals surface area contributed by atoms with Crippen LogP contribution in [0, 0.1) is 0 Å². The summed E-state index contributed by atoms with van der Waals surface area (Å²) in [5, 5.41) is 31.4. The normalized spacial score (nSPS) is 18.1. The third-order valence-corrected chi connectivity index (χ3v) is 9.20. The van der Waals surface area contributed by atoms with Crippen LogP contribution >= 0.6 is 58.1 Å². The Morgan fingerprint density at radius 3 is 2.53 bits per heavy atom. The zero-order chi connectivity index (χ0) is 31.8. The number of thiazole rings is 1. The molecule has 230 valence electrons. The van der Waals surface area contributed by atoms with Gasteiger partial charge < -0.3 is 26.0 Å². The number of hydrogen-bond donors (Lipinski definition) is 4. The van der Waals surface area contributed by atoms with Crippen LogP contribution in [-0.4, -0.2) is 98.5 Å². The Hall–Kier alpha value is -3.39. The second-order valence-electron chi connectivity index (χ2n) is 9.79. The SMILES string of the molecule is CC(C)(C)OC(=O)c1nc(C(C(=O)NC2C(=O)N3C(C(=O)O)=C(CSc4nnnn4CC(=O)O)CS[C@H]23)=C(Cl)Cl)c(N)s1. The summed E-state index contributed by atoms with van der Waals surface area (Å²) in [6.45, 7) is 4.51. The lowest BCUT2D eigenvalue weighted by molar-refractivity contribution is -0.150. The fourth-order valence-corrected chi connectivity index (χ4v) is 7.32. The van der Waals surface area contributed by atoms with Crippen molar-refractivity contribution in [3.8, 4) is 0 Å². The predicted octanol–water partition coefficient (Wildman–Crippen LogP) is 1.43. The zero-order valence-electron chi connectivity index (χ0n) is 22.4. The number of carbonyl (C=O) groups is 5. The largest absolute Gasteiger partial charge is 0.480 e. The third kappa shape index (κ3) is 7.06. The Kier molecular flexibility index (Phi) is 9.60. The van der Waals surface area contributed by atoms with Gasteiger partial charge in [-0.1, -0.05) is 46.3 Å². The first-order valence-corrected chi connectivity index (χ1v) is 15.6. The number of carboxylic acid groups (broad SMARTS) is 2. The van der Waals surface area contributed by atoms with Gasteiger partial charge in [-0.3, -0.25) is 19.3 Å². The lowest BCUT2D eigenvalue weighted by Crippen LogP contribution is -2.70. The number of aromatic nitrogens is 5. The highest BCUT2D eigenvalue weighted by Crippen LogP contribution is 2.42. The van der Waals surface area contributed by atoms with Gasteiger partial charge in [0.05, 0.1) is 5.57 Å². The van der Waals surface area contributed by atoms with Crippen LogP contribution in [0.3, 0.4) is 0 Å². The van der Waals surface area contributed by atoms with Gasteiger partial charge in [0.1, 0.15) is 44.4 Å². The Morgan fingerprint density at radius 1 is 1.23 bits per heavy atom. The summed E-state index contributed by atoms with van der Waals surface area (Å²) in [7, 11) is 0. The van der Waals surface area contributed by atoms with Crippen LogP contribution in [0.5, 0.6) is 0 Å². The number of β-lactam (4-membered cyclic amide) rings is 1. The molecule has 0 spiro atoms. The van der Waals surface area contributed by atoms with Crippen molar-refractivity contribution in [2.45, 2.75) is 49.5 Å². The molecule has 0 saturated carbocycles. The number of thioether (sulfide) groups is 2. The number of carboxylic acids is 2. The maximum atomic E-state index is 13.3. The molecule has 2 aliphatic heterocycles. The van der Waals surface area contributed by atoms with E-state index < -0.39 is 57.8 Å². The zero-order valence-corrected chi connectivity index (χ0v) is 26.3. The van der Waals surface area contributed by atoms with Crippen molar-refractivity contribution in [3.63, 3.8) is 0 Å². The Balaban J connectivity index is 1.50. The highest BCUT2D eigenvalue weighted by molar-refractivity contribution is 8.01. The fourth-order valence-electron chi connectivity index (χ4n) is 3.89. The maximum absolute atomic E-state index is 13.3. The Morgan fingerprint density at radius 2 is 1.93 bits per heavy atom. The van der Waals surface area contributed by atoms with Gasteiger partial charge in [0.25, 0.3) is 11.8 Å². The number of nitrogens with zero attached hydrogens (tertiary/aromatic N) is 6. The van der Waals surface area contributed by atoms with Gasteiger partial charge in [-0.05, 0) is 36.8 Å². The summed E-state index contributed by atoms with van der Waals surface area (Å²) < 4.78 is 5.80. The van der Waals surface area contributed by atoms with Gasteiger partial charge in [0.15, 0.2) is 0 Å². The van der Waals surface area contributed by atoms with Crippen molar-refractivity contribution in [2.75, 3.05) is 17.2 Å². The lowest BCUT2D eigenvalue weighted by Gasteiger charge is -2.49. The number of fused-ring (bicyclic) bond motifs is 1. The number of hydrogen-bond acceptors (Lipinski definition) is 14. The van der Waals surface area contributed by atoms with Gasteiger partial charge in [-0.15, -0.1) is 16.9 Å². The van der Waals surface area contributed by atoms with Crippen LogP contribution in [0.25, 0.3) is 5.57 Å². The van der Waals surface area contributed by atoms with E-state index in [2.05, 4.69) is 25.8 Å². The van der Waals surface area contributed by atoms with Crippen molar-refractivity contribution in [1.82, 2.24) is 35.4 Å². The molecular weight excluding hydrogens is 671 g/mol. The Bertz CT molecular complexity index is 1580. The second-order valence-corrected chi connectivity index (χ2v) is 13.8. The van der Waals surface area contributed by atoms with E-state index in [4.69, 9.17) is 38.8 Å². The number of carbonyl (C=O) groups excluding carboxylic acids is 3. The van der Waals surface area contributed by atoms with Crippen LogP contribution in [0.1, 0.15) is 36.3 Å². The molecule has 43 heavy (non-hydrogen) atoms. The van der Waals surface area contributed by atoms with Crippen molar-refractivity contribution in [1.29, 1.82) is 0 Å². The number of halogens is 2. The van der Waals surface area contributed by atoms with Crippen molar-refractivity contribution in [3.05, 3.63) is 26.5 Å². The van der Waals surface area contributed by atoms with Gasteiger partial charge in [-0.25, -0.2) is 19.3 Å². The molecule has 0 aromatic carbocycles. The average Bonchev–Trinajstić information content (AvgIpc) is 3.49. The van der Waals surface area contributed by atoms with Crippen molar-refractivity contribution < 1.29 is 38.9 Å². The minimum atomic E-state index is -1.36. The number of ether oxygens (including phenoxy) is 1. The summed E-state index contributed by atoms with van der Waals surface area (Å²) in [6.07, 6.45) is 0. The predicted molar refractivity (Wildman–Crippen MR) is 156 cm³/mol. The number of esters is 1. The summed E-state index contributed by atoms with van der Waals surface area (Å²) in [5.74, 6) is -4.69. The molecule has 0 radical (unpaired) electrons. The average molecular weight is 694 g/mol. The standard InChI is InChI=1S/C22H22Cl2N8O8S3/c1-22(2,3)40-20(39)16-27-10(14(25)43-16)9(13(23)24)15(35)26-11-17(36)32-12(19(37)38)7(5-41-18(11)32)6-42-21-28-29-30-31(21)4-8(33)34/h11,18H,4-6,25H2,1-3H3,(H,26,35)(H,33,34)(H,37,38)/t11?,18-/m1/s1. The molecule has 5 N–H and O–H groups in total. The molecule has 4 heterocycles. The van der Waals surface area contributed by atoms with Crippen LogP contribution < -0.4 is 11.1 Å². The number of rotatable bonds is 10. The van der Waals surface area contributed by atoms with Crippen LogP contribution in [0.15, 0.2) is 20.9 Å². The van der Waals surface area contributed by atoms with E-state index in [9.17, 15) is 29.1 Å². The molecular formula is C22H22Cl2N8O8S3. The number of nitrogens with one attached hydrogen (secondary N) is 1. The van der Waals surface area contributed by atoms with Crippen LogP contribution in [0.2, 0.25) is 0 Å². The van der Waals surface area contributed by atoms with E-state index in [0.29, 0.717) is 5.57 Å². The monoisotopic (exact) mass is 692 g/mol. The molecule has 0 bridgehead atoms. The number of aliphatic carboxylic acids is 2. The molecule has 2 aromatic rings. The van der Waals surface area contributed by atoms with Gasteiger partial charge in [-0.2, -0.15) is 0 Å². The summed E-state index contributed by atoms with van der Waals surface area (Å²) >= 11 is 15.0. The molecule has 1 fully saturated rings. The van der Waals surface area contributed by atoms with Gasteiger partial charge in [0, 0.05) is 11.5 Å². The van der Waals surface area contributed by atoms with Gasteiger partial charge in [0.2, 0.25) is 10.2 Å². The van der Waals surface area contributed by atoms with E-state index in [1.807, 2.05) is 0 Å². The lowest BCUT2D eigenvalue weighted by atomic mass is 10.0. The molecule has 2 aromatic heterocycles. The van der Waals surface area contributed by atoms with E-state index >= 15 is 0 Å². The first-order chi connectivity index (χ1) is 20.1. The first-order valence-electron chi connectivity index (χ1n) is 12.0. The molecule has 16 nitrogen and oxygen atoms in total. The third-order valence-electron chi connectivity index (χ3n) is 5.58. The summed E-state index contributed by atoms with van der Waals surface area (Å²) in [4.78, 5) is 67.2. The minimum absolute atomic E-state index is 0.0500. The van der Waals surface area contributed by atoms with Crippen LogP contribution in [0.4, 0.5) is 5.00 Å². The Labute approximate surface area is 265 Å². The van der Waals surface area contributed by atoms with E-state index in [1.54, 1.807) is 20.8 Å². The highest BCUT2D eigenvalue weighted by atomic mass is 35.5. The minimum Gasteiger partial charge on any atom is -0.480 e. The second kappa shape index (κ2) is 12.7. The fraction of sp³-hybridized carbons (Fsp3) is 0.409. The molecule has 4 rings (SSSR count). The van der Waals surface area contributed by atoms with E-state index in [0.717, 1.165) is 32.7 Å². The number of nitrogen functional groups attached to an aromatic ring is 1. The number of nitrogens with two attached hydrogens (primary N) is 1. The summed E-state index contributed by atoms with van der Waals surface area (Å²) in [6, 6.07) is -1.14. The van der Waals surface area contributed by atoms with E-state index in [-0.39, 0.29) is 43.6 Å². The number of tetrazole rings is 1. The molecule has 1 saturated heterocycles. The van der Waals surface area contributed by atoms with Crippen LogP contribution in [-0.2, 0) is 30.5 Å². The first kappa shape index (κ1) is 32.5. The molecule has 2 aliphatic rings. The molecule has 1 unspecified atom stereocenters. The maximum Gasteiger partial charge on any atom is 0.368 e. The smallest absolute Gasteiger partial charge is 0.368 e. The van der Waals surface area contributed by atoms with Crippen molar-refractivity contribution in [2.24, 2.45) is 0 Å². The molecule has 2 atom stereocenters. The quantitative estimate of drug-likeness (QED) is 0.119. The molecule has 21 heteroatoms. The summed E-state index contributed by atoms with van der Waals surface area (Å²) in [5.41, 5.74) is 4.74. The topological polar surface area (TPSA) is 233 Å². The molecule has 2 amide bonds. The number of amides is 2. The molecule has 0 aliphatic carbocycles. The highest BCUT2D eigenvalue weighted by Gasteiger charge is 2.54. The van der Waals surface area contributed by atoms with Gasteiger partial charge >= 0.3 is 17.9 Å². The number of anilines is 1. The van der Waals surface area contributed by atoms with Crippen molar-refractivity contribution >= 4 is 98.4 Å². The van der Waals surface area contributed by atoms with E-state index in [1.165, 1.54) is 11.8 Å².